The average molecular weight is 333 g/mol. The molecule has 0 aliphatic heterocycles. The monoisotopic (exact) mass is 333 g/mol. The number of halogens is 1. The highest BCUT2D eigenvalue weighted by Gasteiger charge is 2.20. The first-order valence-electron chi connectivity index (χ1n) is 7.30. The Morgan fingerprint density at radius 1 is 1.00 bits per heavy atom. The van der Waals surface area contributed by atoms with Gasteiger partial charge in [-0.25, -0.2) is 4.39 Å². The number of hydrogen-bond acceptors (Lipinski definition) is 4. The number of nitrogens with zero attached hydrogens (tertiary/aromatic N) is 1. The van der Waals surface area contributed by atoms with Gasteiger partial charge in [-0.2, -0.15) is 0 Å². The maximum Gasteiger partial charge on any atom is 0.257 e. The fraction of sp³-hybridized carbons (Fsp3) is 0.278. The maximum absolute atomic E-state index is 13.3. The van der Waals surface area contributed by atoms with Gasteiger partial charge >= 0.3 is 0 Å². The van der Waals surface area contributed by atoms with Crippen LogP contribution in [0.1, 0.15) is 15.9 Å². The van der Waals surface area contributed by atoms with Gasteiger partial charge in [0.15, 0.2) is 11.5 Å². The van der Waals surface area contributed by atoms with Crippen molar-refractivity contribution in [2.45, 2.75) is 6.54 Å². The van der Waals surface area contributed by atoms with Crippen LogP contribution in [0.2, 0.25) is 0 Å². The molecule has 2 aromatic carbocycles. The molecule has 0 aliphatic rings. The Morgan fingerprint density at radius 3 is 2.21 bits per heavy atom. The fourth-order valence-corrected chi connectivity index (χ4v) is 2.38. The second-order valence-corrected chi connectivity index (χ2v) is 5.20. The fourth-order valence-electron chi connectivity index (χ4n) is 2.38. The topological polar surface area (TPSA) is 48.0 Å². The summed E-state index contributed by atoms with van der Waals surface area (Å²) in [5.74, 6) is 0.678. The summed E-state index contributed by atoms with van der Waals surface area (Å²) in [6.45, 7) is 0.272. The van der Waals surface area contributed by atoms with E-state index in [0.717, 1.165) is 0 Å². The van der Waals surface area contributed by atoms with Crippen molar-refractivity contribution < 1.29 is 23.4 Å². The van der Waals surface area contributed by atoms with Gasteiger partial charge in [0, 0.05) is 25.7 Å². The number of carbonyl (C=O) groups excluding carboxylic acids is 1. The van der Waals surface area contributed by atoms with E-state index in [1.807, 2.05) is 0 Å². The maximum atomic E-state index is 13.3. The number of benzene rings is 2. The third-order valence-electron chi connectivity index (χ3n) is 3.59. The Morgan fingerprint density at radius 2 is 1.62 bits per heavy atom. The van der Waals surface area contributed by atoms with Crippen molar-refractivity contribution in [3.05, 3.63) is 53.3 Å². The second-order valence-electron chi connectivity index (χ2n) is 5.20. The minimum absolute atomic E-state index is 0.267. The predicted molar refractivity (Wildman–Crippen MR) is 88.3 cm³/mol. The molecule has 0 saturated heterocycles. The van der Waals surface area contributed by atoms with E-state index in [0.29, 0.717) is 28.4 Å². The van der Waals surface area contributed by atoms with Gasteiger partial charge in [-0.15, -0.1) is 0 Å². The summed E-state index contributed by atoms with van der Waals surface area (Å²) in [4.78, 5) is 14.2. The summed E-state index contributed by atoms with van der Waals surface area (Å²) in [5.41, 5.74) is 1.04. The van der Waals surface area contributed by atoms with E-state index in [1.165, 1.54) is 38.4 Å². The molecule has 0 heterocycles. The van der Waals surface area contributed by atoms with Crippen LogP contribution in [-0.4, -0.2) is 39.2 Å². The zero-order valence-corrected chi connectivity index (χ0v) is 14.1. The highest BCUT2D eigenvalue weighted by Crippen LogP contribution is 2.35. The molecule has 2 rings (SSSR count). The highest BCUT2D eigenvalue weighted by atomic mass is 19.1. The summed E-state index contributed by atoms with van der Waals surface area (Å²) >= 11 is 0. The SMILES string of the molecule is COc1cc(OC)c(C(=O)N(C)Cc2cccc(F)c2)cc1OC. The Hall–Kier alpha value is -2.76. The summed E-state index contributed by atoms with van der Waals surface area (Å²) in [6.07, 6.45) is 0. The summed E-state index contributed by atoms with van der Waals surface area (Å²) in [7, 11) is 6.12. The van der Waals surface area contributed by atoms with Crippen molar-refractivity contribution >= 4 is 5.91 Å². The Bertz CT molecular complexity index is 733. The molecule has 0 fully saturated rings. The van der Waals surface area contributed by atoms with Gasteiger partial charge in [-0.05, 0) is 17.7 Å². The largest absolute Gasteiger partial charge is 0.496 e. The van der Waals surface area contributed by atoms with E-state index in [9.17, 15) is 9.18 Å². The molecular weight excluding hydrogens is 313 g/mol. The lowest BCUT2D eigenvalue weighted by Crippen LogP contribution is -2.26. The molecule has 128 valence electrons. The molecule has 0 aromatic heterocycles. The quantitative estimate of drug-likeness (QED) is 0.815. The Labute approximate surface area is 140 Å². The number of rotatable bonds is 6. The van der Waals surface area contributed by atoms with Crippen LogP contribution in [0.4, 0.5) is 4.39 Å². The molecule has 5 nitrogen and oxygen atoms in total. The molecule has 0 bridgehead atoms. The average Bonchev–Trinajstić information content (AvgIpc) is 2.59. The number of carbonyl (C=O) groups is 1. The van der Waals surface area contributed by atoms with Crippen molar-refractivity contribution in [1.82, 2.24) is 4.90 Å². The minimum Gasteiger partial charge on any atom is -0.496 e. The first-order chi connectivity index (χ1) is 11.5. The Kier molecular flexibility index (Phi) is 5.63. The van der Waals surface area contributed by atoms with Gasteiger partial charge in [0.1, 0.15) is 11.6 Å². The van der Waals surface area contributed by atoms with Crippen molar-refractivity contribution in [2.24, 2.45) is 0 Å². The van der Waals surface area contributed by atoms with Crippen LogP contribution in [0.25, 0.3) is 0 Å². The summed E-state index contributed by atoms with van der Waals surface area (Å²) < 4.78 is 29.0. The van der Waals surface area contributed by atoms with Crippen LogP contribution in [-0.2, 0) is 6.54 Å². The van der Waals surface area contributed by atoms with E-state index in [2.05, 4.69) is 0 Å². The van der Waals surface area contributed by atoms with E-state index in [4.69, 9.17) is 14.2 Å². The summed E-state index contributed by atoms with van der Waals surface area (Å²) in [6, 6.07) is 9.31. The van der Waals surface area contributed by atoms with Crippen LogP contribution in [0.3, 0.4) is 0 Å². The molecule has 2 aromatic rings. The van der Waals surface area contributed by atoms with Gasteiger partial charge in [0.05, 0.1) is 26.9 Å². The zero-order valence-electron chi connectivity index (χ0n) is 14.1. The molecule has 0 unspecified atom stereocenters. The molecular formula is C18H20FNO4. The van der Waals surface area contributed by atoms with Crippen molar-refractivity contribution in [3.63, 3.8) is 0 Å². The Balaban J connectivity index is 2.30. The van der Waals surface area contributed by atoms with Crippen LogP contribution in [0.5, 0.6) is 17.2 Å². The van der Waals surface area contributed by atoms with Crippen molar-refractivity contribution in [2.75, 3.05) is 28.4 Å². The molecule has 0 radical (unpaired) electrons. The third-order valence-corrected chi connectivity index (χ3v) is 3.59. The third kappa shape index (κ3) is 3.76. The molecule has 6 heteroatoms. The number of methoxy groups -OCH3 is 3. The number of hydrogen-bond donors (Lipinski definition) is 0. The molecule has 24 heavy (non-hydrogen) atoms. The lowest BCUT2D eigenvalue weighted by molar-refractivity contribution is 0.0781. The van der Waals surface area contributed by atoms with Gasteiger partial charge in [-0.1, -0.05) is 12.1 Å². The molecule has 0 spiro atoms. The van der Waals surface area contributed by atoms with Gasteiger partial charge in [0.25, 0.3) is 5.91 Å². The van der Waals surface area contributed by atoms with Crippen molar-refractivity contribution in [1.29, 1.82) is 0 Å². The van der Waals surface area contributed by atoms with Gasteiger partial charge < -0.3 is 19.1 Å². The van der Waals surface area contributed by atoms with Crippen LogP contribution < -0.4 is 14.2 Å². The van der Waals surface area contributed by atoms with E-state index < -0.39 is 0 Å². The predicted octanol–water partition coefficient (Wildman–Crippen LogP) is 3.12. The van der Waals surface area contributed by atoms with Crippen LogP contribution in [0.15, 0.2) is 36.4 Å². The minimum atomic E-state index is -0.336. The second kappa shape index (κ2) is 7.68. The zero-order chi connectivity index (χ0) is 17.7. The van der Waals surface area contributed by atoms with Crippen LogP contribution >= 0.6 is 0 Å². The molecule has 0 N–H and O–H groups in total. The number of amides is 1. The van der Waals surface area contributed by atoms with Crippen molar-refractivity contribution in [3.8, 4) is 17.2 Å². The summed E-state index contributed by atoms with van der Waals surface area (Å²) in [5, 5.41) is 0. The lowest BCUT2D eigenvalue weighted by atomic mass is 10.1. The highest BCUT2D eigenvalue weighted by molar-refractivity contribution is 5.97. The van der Waals surface area contributed by atoms with Crippen LogP contribution in [0, 0.1) is 5.82 Å². The first kappa shape index (κ1) is 17.6. The lowest BCUT2D eigenvalue weighted by Gasteiger charge is -2.20. The molecule has 0 atom stereocenters. The normalized spacial score (nSPS) is 10.2. The van der Waals surface area contributed by atoms with E-state index >= 15 is 0 Å². The molecule has 1 amide bonds. The molecule has 0 saturated carbocycles. The van der Waals surface area contributed by atoms with E-state index in [1.54, 1.807) is 31.3 Å². The molecule has 0 aliphatic carbocycles. The standard InChI is InChI=1S/C18H20FNO4/c1-20(11-12-6-5-7-13(19)8-12)18(21)14-9-16(23-3)17(24-4)10-15(14)22-2/h5-10H,11H2,1-4H3. The first-order valence-corrected chi connectivity index (χ1v) is 7.30. The van der Waals surface area contributed by atoms with Gasteiger partial charge in [0.2, 0.25) is 0 Å². The van der Waals surface area contributed by atoms with E-state index in [-0.39, 0.29) is 18.3 Å². The van der Waals surface area contributed by atoms with Gasteiger partial charge in [-0.3, -0.25) is 4.79 Å². The smallest absolute Gasteiger partial charge is 0.257 e. The number of ether oxygens (including phenoxy) is 3.